The number of ether oxygens (including phenoxy) is 1. The van der Waals surface area contributed by atoms with Crippen LogP contribution in [0.5, 0.6) is 0 Å². The smallest absolute Gasteiger partial charge is 0.163 e. The molecule has 0 bridgehead atoms. The molecule has 2 aromatic rings. The number of hydrogen-bond donors (Lipinski definition) is 2. The van der Waals surface area contributed by atoms with E-state index in [1.54, 1.807) is 10.9 Å². The topological polar surface area (TPSA) is 85.1 Å². The zero-order valence-electron chi connectivity index (χ0n) is 13.8. The van der Waals surface area contributed by atoms with Crippen molar-refractivity contribution in [3.05, 3.63) is 12.0 Å². The number of nitrogens with one attached hydrogen (secondary N) is 1. The van der Waals surface area contributed by atoms with Gasteiger partial charge in [-0.1, -0.05) is 19.3 Å². The molecule has 3 rings (SSSR count). The third-order valence-electron chi connectivity index (χ3n) is 4.29. The number of aliphatic hydroxyl groups is 1. The lowest BCUT2D eigenvalue weighted by Crippen LogP contribution is -2.29. The number of aryl methyl sites for hydroxylation is 2. The lowest BCUT2D eigenvalue weighted by atomic mass is 9.98. The molecule has 0 radical (unpaired) electrons. The predicted molar refractivity (Wildman–Crippen MR) is 88.4 cm³/mol. The first-order chi connectivity index (χ1) is 11.1. The maximum absolute atomic E-state index is 10.1. The summed E-state index contributed by atoms with van der Waals surface area (Å²) in [5.74, 6) is 1.38. The van der Waals surface area contributed by atoms with E-state index in [9.17, 15) is 5.11 Å². The van der Waals surface area contributed by atoms with Crippen LogP contribution in [0.1, 0.15) is 37.9 Å². The minimum absolute atomic E-state index is 0.310. The zero-order chi connectivity index (χ0) is 16.2. The second-order valence-corrected chi connectivity index (χ2v) is 6.25. The van der Waals surface area contributed by atoms with E-state index in [2.05, 4.69) is 20.4 Å². The highest BCUT2D eigenvalue weighted by atomic mass is 16.5. The van der Waals surface area contributed by atoms with Gasteiger partial charge in [-0.05, 0) is 19.8 Å². The van der Waals surface area contributed by atoms with Gasteiger partial charge in [-0.25, -0.2) is 9.97 Å². The fourth-order valence-electron chi connectivity index (χ4n) is 3.02. The summed E-state index contributed by atoms with van der Waals surface area (Å²) in [6.07, 6.45) is 7.49. The molecule has 1 atom stereocenters. The van der Waals surface area contributed by atoms with Crippen molar-refractivity contribution in [1.29, 1.82) is 0 Å². The Kier molecular flexibility index (Phi) is 5.07. The summed E-state index contributed by atoms with van der Waals surface area (Å²) >= 11 is 0. The van der Waals surface area contributed by atoms with Gasteiger partial charge >= 0.3 is 0 Å². The van der Waals surface area contributed by atoms with Gasteiger partial charge in [0.1, 0.15) is 11.6 Å². The molecule has 2 aromatic heterocycles. The van der Waals surface area contributed by atoms with Crippen LogP contribution in [0, 0.1) is 6.92 Å². The van der Waals surface area contributed by atoms with Gasteiger partial charge in [0, 0.05) is 13.6 Å². The average molecular weight is 319 g/mol. The number of hydrogen-bond acceptors (Lipinski definition) is 6. The lowest BCUT2D eigenvalue weighted by Gasteiger charge is -2.23. The molecule has 0 spiro atoms. The van der Waals surface area contributed by atoms with E-state index in [1.807, 2.05) is 14.0 Å². The predicted octanol–water partition coefficient (Wildman–Crippen LogP) is 1.79. The highest BCUT2D eigenvalue weighted by Crippen LogP contribution is 2.21. The molecule has 0 aliphatic heterocycles. The van der Waals surface area contributed by atoms with Crippen LogP contribution < -0.4 is 5.32 Å². The van der Waals surface area contributed by atoms with Crippen molar-refractivity contribution in [1.82, 2.24) is 19.7 Å². The molecule has 2 heterocycles. The Balaban J connectivity index is 1.55. The maximum atomic E-state index is 10.1. The molecule has 1 saturated carbocycles. The Morgan fingerprint density at radius 1 is 1.35 bits per heavy atom. The van der Waals surface area contributed by atoms with E-state index in [-0.39, 0.29) is 0 Å². The van der Waals surface area contributed by atoms with Crippen LogP contribution in [0.15, 0.2) is 6.20 Å². The third kappa shape index (κ3) is 3.97. The number of rotatable bonds is 6. The quantitative estimate of drug-likeness (QED) is 0.844. The van der Waals surface area contributed by atoms with Crippen molar-refractivity contribution in [2.24, 2.45) is 7.05 Å². The molecule has 126 valence electrons. The number of aromatic nitrogens is 4. The Hall–Kier alpha value is -1.73. The highest BCUT2D eigenvalue weighted by Gasteiger charge is 2.16. The van der Waals surface area contributed by atoms with Gasteiger partial charge in [0.25, 0.3) is 0 Å². The second kappa shape index (κ2) is 7.23. The van der Waals surface area contributed by atoms with Crippen LogP contribution in [0.25, 0.3) is 11.0 Å². The molecular weight excluding hydrogens is 294 g/mol. The summed E-state index contributed by atoms with van der Waals surface area (Å²) in [5, 5.41) is 18.4. The van der Waals surface area contributed by atoms with Crippen LogP contribution in [0.4, 0.5) is 5.82 Å². The molecule has 7 heteroatoms. The molecule has 0 aromatic carbocycles. The summed E-state index contributed by atoms with van der Waals surface area (Å²) in [4.78, 5) is 8.79. The van der Waals surface area contributed by atoms with E-state index in [1.165, 1.54) is 19.3 Å². The fraction of sp³-hybridized carbons (Fsp3) is 0.688. The van der Waals surface area contributed by atoms with Crippen LogP contribution in [-0.2, 0) is 11.8 Å². The highest BCUT2D eigenvalue weighted by molar-refractivity contribution is 5.86. The SMILES string of the molecule is Cc1nc(NC[C@@H](O)COC2CCCCC2)c2cnn(C)c2n1. The van der Waals surface area contributed by atoms with Crippen LogP contribution in [0.3, 0.4) is 0 Å². The first-order valence-corrected chi connectivity index (χ1v) is 8.33. The van der Waals surface area contributed by atoms with Gasteiger partial charge < -0.3 is 15.2 Å². The fourth-order valence-corrected chi connectivity index (χ4v) is 3.02. The van der Waals surface area contributed by atoms with E-state index < -0.39 is 6.10 Å². The van der Waals surface area contributed by atoms with Crippen LogP contribution in [-0.4, -0.2) is 50.2 Å². The summed E-state index contributed by atoms with van der Waals surface area (Å²) in [6.45, 7) is 2.60. The summed E-state index contributed by atoms with van der Waals surface area (Å²) in [5.41, 5.74) is 0.785. The standard InChI is InChI=1S/C16H25N5O2/c1-11-19-15(14-9-18-21(2)16(14)20-11)17-8-12(22)10-23-13-6-4-3-5-7-13/h9,12-13,22H,3-8,10H2,1-2H3,(H,17,19,20)/t12-/m1/s1. The molecule has 2 N–H and O–H groups in total. The second-order valence-electron chi connectivity index (χ2n) is 6.25. The number of nitrogens with zero attached hydrogens (tertiary/aromatic N) is 4. The van der Waals surface area contributed by atoms with Crippen molar-refractivity contribution in [3.63, 3.8) is 0 Å². The first-order valence-electron chi connectivity index (χ1n) is 8.33. The Labute approximate surface area is 136 Å². The van der Waals surface area contributed by atoms with E-state index >= 15 is 0 Å². The van der Waals surface area contributed by atoms with Gasteiger partial charge in [-0.2, -0.15) is 5.10 Å². The van der Waals surface area contributed by atoms with Crippen LogP contribution >= 0.6 is 0 Å². The molecule has 23 heavy (non-hydrogen) atoms. The Morgan fingerprint density at radius 3 is 2.91 bits per heavy atom. The van der Waals surface area contributed by atoms with E-state index in [0.29, 0.717) is 30.9 Å². The van der Waals surface area contributed by atoms with E-state index in [4.69, 9.17) is 4.74 Å². The lowest BCUT2D eigenvalue weighted by molar-refractivity contribution is -0.0195. The number of aliphatic hydroxyl groups excluding tert-OH is 1. The Bertz CT molecular complexity index is 651. The first kappa shape index (κ1) is 16.1. The average Bonchev–Trinajstić information content (AvgIpc) is 2.93. The number of anilines is 1. The van der Waals surface area contributed by atoms with Crippen molar-refractivity contribution in [3.8, 4) is 0 Å². The molecule has 0 amide bonds. The summed E-state index contributed by atoms with van der Waals surface area (Å²) in [7, 11) is 1.85. The third-order valence-corrected chi connectivity index (χ3v) is 4.29. The largest absolute Gasteiger partial charge is 0.389 e. The summed E-state index contributed by atoms with van der Waals surface area (Å²) in [6, 6.07) is 0. The molecule has 7 nitrogen and oxygen atoms in total. The van der Waals surface area contributed by atoms with Gasteiger partial charge in [0.2, 0.25) is 0 Å². The van der Waals surface area contributed by atoms with Crippen molar-refractivity contribution >= 4 is 16.9 Å². The minimum Gasteiger partial charge on any atom is -0.389 e. The Morgan fingerprint density at radius 2 is 2.13 bits per heavy atom. The molecule has 1 aliphatic carbocycles. The van der Waals surface area contributed by atoms with Crippen molar-refractivity contribution in [2.45, 2.75) is 51.2 Å². The van der Waals surface area contributed by atoms with Crippen molar-refractivity contribution in [2.75, 3.05) is 18.5 Å². The minimum atomic E-state index is -0.557. The van der Waals surface area contributed by atoms with Crippen molar-refractivity contribution < 1.29 is 9.84 Å². The normalized spacial score (nSPS) is 17.5. The van der Waals surface area contributed by atoms with Crippen LogP contribution in [0.2, 0.25) is 0 Å². The molecule has 1 aliphatic rings. The maximum Gasteiger partial charge on any atom is 0.163 e. The van der Waals surface area contributed by atoms with E-state index in [0.717, 1.165) is 23.9 Å². The van der Waals surface area contributed by atoms with Gasteiger partial charge in [-0.3, -0.25) is 4.68 Å². The number of fused-ring (bicyclic) bond motifs is 1. The van der Waals surface area contributed by atoms with Gasteiger partial charge in [-0.15, -0.1) is 0 Å². The molecule has 0 saturated heterocycles. The zero-order valence-corrected chi connectivity index (χ0v) is 13.8. The summed E-state index contributed by atoms with van der Waals surface area (Å²) < 4.78 is 7.53. The molecular formula is C16H25N5O2. The van der Waals surface area contributed by atoms with Gasteiger partial charge in [0.05, 0.1) is 30.4 Å². The van der Waals surface area contributed by atoms with Gasteiger partial charge in [0.15, 0.2) is 5.65 Å². The molecule has 1 fully saturated rings. The molecule has 0 unspecified atom stereocenters. The monoisotopic (exact) mass is 319 g/mol.